The van der Waals surface area contributed by atoms with Gasteiger partial charge in [0.05, 0.1) is 17.2 Å². The van der Waals surface area contributed by atoms with Crippen LogP contribution in [-0.4, -0.2) is 27.0 Å². The van der Waals surface area contributed by atoms with E-state index in [0.717, 1.165) is 16.0 Å². The van der Waals surface area contributed by atoms with Crippen molar-refractivity contribution in [3.05, 3.63) is 87.3 Å². The SMILES string of the molecule is Cc1sc2ncn(/N=C\c3ccc(C(=O)O)cc3)c(=O)c2c1-c1ccccc1. The van der Waals surface area contributed by atoms with Gasteiger partial charge in [0.2, 0.25) is 0 Å². The summed E-state index contributed by atoms with van der Waals surface area (Å²) in [5.41, 5.74) is 2.48. The van der Waals surface area contributed by atoms with Crippen LogP contribution in [0.3, 0.4) is 0 Å². The van der Waals surface area contributed by atoms with E-state index in [1.165, 1.54) is 40.7 Å². The molecule has 2 heterocycles. The molecule has 6 nitrogen and oxygen atoms in total. The molecule has 0 saturated carbocycles. The number of carboxylic acids is 1. The summed E-state index contributed by atoms with van der Waals surface area (Å²) in [4.78, 5) is 30.1. The first kappa shape index (κ1) is 17.8. The van der Waals surface area contributed by atoms with E-state index in [4.69, 9.17) is 5.11 Å². The number of hydrogen-bond donors (Lipinski definition) is 1. The molecule has 4 rings (SSSR count). The molecule has 1 N–H and O–H groups in total. The van der Waals surface area contributed by atoms with Crippen molar-refractivity contribution in [2.24, 2.45) is 5.10 Å². The molecule has 0 aliphatic rings. The molecule has 2 aromatic carbocycles. The Kier molecular flexibility index (Phi) is 4.58. The summed E-state index contributed by atoms with van der Waals surface area (Å²) in [6.07, 6.45) is 2.90. The van der Waals surface area contributed by atoms with Gasteiger partial charge in [0.25, 0.3) is 5.56 Å². The Morgan fingerprint density at radius 2 is 1.86 bits per heavy atom. The zero-order valence-corrected chi connectivity index (χ0v) is 15.7. The lowest BCUT2D eigenvalue weighted by atomic mass is 10.0. The third-order valence-electron chi connectivity index (χ3n) is 4.32. The minimum Gasteiger partial charge on any atom is -0.478 e. The summed E-state index contributed by atoms with van der Waals surface area (Å²) >= 11 is 1.48. The molecule has 0 bridgehead atoms. The summed E-state index contributed by atoms with van der Waals surface area (Å²) in [5.74, 6) is -0.990. The smallest absolute Gasteiger partial charge is 0.335 e. The number of hydrogen-bond acceptors (Lipinski definition) is 5. The van der Waals surface area contributed by atoms with Crippen LogP contribution in [0, 0.1) is 6.92 Å². The molecule has 28 heavy (non-hydrogen) atoms. The fraction of sp³-hybridized carbons (Fsp3) is 0.0476. The van der Waals surface area contributed by atoms with Crippen molar-refractivity contribution in [3.63, 3.8) is 0 Å². The minimum atomic E-state index is -0.990. The second-order valence-electron chi connectivity index (χ2n) is 6.15. The minimum absolute atomic E-state index is 0.193. The van der Waals surface area contributed by atoms with Gasteiger partial charge in [-0.15, -0.1) is 11.3 Å². The van der Waals surface area contributed by atoms with Crippen molar-refractivity contribution in [1.82, 2.24) is 9.66 Å². The largest absolute Gasteiger partial charge is 0.478 e. The van der Waals surface area contributed by atoms with Crippen LogP contribution in [0.1, 0.15) is 20.8 Å². The molecule has 7 heteroatoms. The fourth-order valence-corrected chi connectivity index (χ4v) is 3.97. The van der Waals surface area contributed by atoms with Crippen molar-refractivity contribution >= 4 is 33.7 Å². The number of rotatable bonds is 4. The molecule has 0 spiro atoms. The molecule has 0 fully saturated rings. The maximum absolute atomic E-state index is 13.0. The van der Waals surface area contributed by atoms with Gasteiger partial charge in [-0.1, -0.05) is 42.5 Å². The number of benzene rings is 2. The Morgan fingerprint density at radius 3 is 2.54 bits per heavy atom. The number of fused-ring (bicyclic) bond motifs is 1. The highest BCUT2D eigenvalue weighted by molar-refractivity contribution is 7.19. The molecule has 0 atom stereocenters. The van der Waals surface area contributed by atoms with Gasteiger partial charge in [-0.25, -0.2) is 9.78 Å². The molecule has 0 saturated heterocycles. The van der Waals surface area contributed by atoms with Crippen molar-refractivity contribution in [1.29, 1.82) is 0 Å². The molecule has 0 radical (unpaired) electrons. The average Bonchev–Trinajstić information content (AvgIpc) is 3.05. The van der Waals surface area contributed by atoms with Crippen molar-refractivity contribution in [3.8, 4) is 11.1 Å². The maximum Gasteiger partial charge on any atom is 0.335 e. The van der Waals surface area contributed by atoms with Crippen LogP contribution in [0.5, 0.6) is 0 Å². The molecular weight excluding hydrogens is 374 g/mol. The van der Waals surface area contributed by atoms with Crippen LogP contribution < -0.4 is 5.56 Å². The van der Waals surface area contributed by atoms with Gasteiger partial charge in [0.1, 0.15) is 11.2 Å². The molecule has 0 amide bonds. The van der Waals surface area contributed by atoms with Crippen molar-refractivity contribution in [2.75, 3.05) is 0 Å². The number of carboxylic acid groups (broad SMARTS) is 1. The Hall–Kier alpha value is -3.58. The molecule has 138 valence electrons. The van der Waals surface area contributed by atoms with Crippen LogP contribution >= 0.6 is 11.3 Å². The Balaban J connectivity index is 1.78. The van der Waals surface area contributed by atoms with E-state index in [9.17, 15) is 9.59 Å². The molecular formula is C21H15N3O3S. The predicted octanol–water partition coefficient (Wildman–Crippen LogP) is 4.01. The van der Waals surface area contributed by atoms with Crippen LogP contribution in [0.25, 0.3) is 21.3 Å². The monoisotopic (exact) mass is 389 g/mol. The van der Waals surface area contributed by atoms with Gasteiger partial charge in [0.15, 0.2) is 0 Å². The van der Waals surface area contributed by atoms with E-state index >= 15 is 0 Å². The lowest BCUT2D eigenvalue weighted by Crippen LogP contribution is -2.16. The highest BCUT2D eigenvalue weighted by atomic mass is 32.1. The zero-order chi connectivity index (χ0) is 19.7. The molecule has 0 aliphatic heterocycles. The second kappa shape index (κ2) is 7.21. The second-order valence-corrected chi connectivity index (χ2v) is 7.35. The lowest BCUT2D eigenvalue weighted by Gasteiger charge is -2.02. The van der Waals surface area contributed by atoms with Crippen LogP contribution in [0.15, 0.2) is 70.8 Å². The lowest BCUT2D eigenvalue weighted by molar-refractivity contribution is 0.0697. The van der Waals surface area contributed by atoms with E-state index in [1.807, 2.05) is 37.3 Å². The fourth-order valence-electron chi connectivity index (χ4n) is 2.97. The Morgan fingerprint density at radius 1 is 1.14 bits per heavy atom. The maximum atomic E-state index is 13.0. The van der Waals surface area contributed by atoms with Crippen LogP contribution in [0.4, 0.5) is 0 Å². The first-order chi connectivity index (χ1) is 13.5. The number of aryl methyl sites for hydroxylation is 1. The van der Waals surface area contributed by atoms with E-state index in [0.29, 0.717) is 15.8 Å². The van der Waals surface area contributed by atoms with Gasteiger partial charge in [-0.2, -0.15) is 9.78 Å². The Bertz CT molecular complexity index is 1260. The van der Waals surface area contributed by atoms with Crippen molar-refractivity contribution in [2.45, 2.75) is 6.92 Å². The quantitative estimate of drug-likeness (QED) is 0.535. The summed E-state index contributed by atoms with van der Waals surface area (Å²) < 4.78 is 1.20. The number of nitrogens with zero attached hydrogens (tertiary/aromatic N) is 3. The first-order valence-electron chi connectivity index (χ1n) is 8.48. The van der Waals surface area contributed by atoms with Gasteiger partial charge in [-0.05, 0) is 30.2 Å². The normalized spacial score (nSPS) is 11.3. The summed E-state index contributed by atoms with van der Waals surface area (Å²) in [7, 11) is 0. The highest BCUT2D eigenvalue weighted by Crippen LogP contribution is 2.35. The predicted molar refractivity (Wildman–Crippen MR) is 110 cm³/mol. The van der Waals surface area contributed by atoms with Gasteiger partial charge in [0, 0.05) is 10.4 Å². The summed E-state index contributed by atoms with van der Waals surface area (Å²) in [6, 6.07) is 16.0. The highest BCUT2D eigenvalue weighted by Gasteiger charge is 2.16. The number of thiophene rings is 1. The number of aromatic nitrogens is 2. The summed E-state index contributed by atoms with van der Waals surface area (Å²) in [6.45, 7) is 1.98. The van der Waals surface area contributed by atoms with E-state index in [2.05, 4.69) is 10.1 Å². The van der Waals surface area contributed by atoms with E-state index in [1.54, 1.807) is 12.1 Å². The van der Waals surface area contributed by atoms with Gasteiger partial charge >= 0.3 is 5.97 Å². The third-order valence-corrected chi connectivity index (χ3v) is 5.34. The standard InChI is InChI=1S/C21H15N3O3S/c1-13-17(15-5-3-2-4-6-15)18-19(28-13)22-12-24(20(18)25)23-11-14-7-9-16(10-8-14)21(26)27/h2-12H,1H3,(H,26,27)/b23-11-. The van der Waals surface area contributed by atoms with Crippen molar-refractivity contribution < 1.29 is 9.90 Å². The van der Waals surface area contributed by atoms with E-state index in [-0.39, 0.29) is 11.1 Å². The topological polar surface area (TPSA) is 84.6 Å². The zero-order valence-electron chi connectivity index (χ0n) is 14.9. The van der Waals surface area contributed by atoms with Gasteiger partial charge in [-0.3, -0.25) is 4.79 Å². The summed E-state index contributed by atoms with van der Waals surface area (Å²) in [5, 5.41) is 13.7. The first-order valence-corrected chi connectivity index (χ1v) is 9.30. The average molecular weight is 389 g/mol. The van der Waals surface area contributed by atoms with Crippen LogP contribution in [0.2, 0.25) is 0 Å². The Labute approximate surface area is 164 Å². The number of carbonyl (C=O) groups is 1. The molecule has 2 aromatic heterocycles. The third kappa shape index (κ3) is 3.23. The van der Waals surface area contributed by atoms with Gasteiger partial charge < -0.3 is 5.11 Å². The van der Waals surface area contributed by atoms with Crippen LogP contribution in [-0.2, 0) is 0 Å². The molecule has 0 aliphatic carbocycles. The number of aromatic carboxylic acids is 1. The molecule has 0 unspecified atom stereocenters. The van der Waals surface area contributed by atoms with E-state index < -0.39 is 5.97 Å². The molecule has 4 aromatic rings.